The molecule has 1 aliphatic heterocycles. The molecule has 2 aromatic rings. The van der Waals surface area contributed by atoms with Gasteiger partial charge in [0.15, 0.2) is 9.84 Å². The summed E-state index contributed by atoms with van der Waals surface area (Å²) in [6.07, 6.45) is 0.535. The van der Waals surface area contributed by atoms with Crippen molar-refractivity contribution in [2.75, 3.05) is 12.4 Å². The van der Waals surface area contributed by atoms with Crippen molar-refractivity contribution in [1.29, 1.82) is 0 Å². The Bertz CT molecular complexity index is 882. The fraction of sp³-hybridized carbons (Fsp3) is 0.278. The predicted octanol–water partition coefficient (Wildman–Crippen LogP) is 3.14. The van der Waals surface area contributed by atoms with Crippen LogP contribution in [0.25, 0.3) is 0 Å². The number of carbonyl (C=O) groups excluding carboxylic acids is 1. The fourth-order valence-corrected chi connectivity index (χ4v) is 4.61. The van der Waals surface area contributed by atoms with Crippen LogP contribution < -0.4 is 10.1 Å². The first-order chi connectivity index (χ1) is 12.0. The van der Waals surface area contributed by atoms with Crippen molar-refractivity contribution in [2.45, 2.75) is 23.8 Å². The van der Waals surface area contributed by atoms with E-state index < -0.39 is 9.84 Å². The van der Waals surface area contributed by atoms with Crippen molar-refractivity contribution >= 4 is 27.3 Å². The highest BCUT2D eigenvalue weighted by molar-refractivity contribution is 7.91. The minimum Gasteiger partial charge on any atom is -0.493 e. The summed E-state index contributed by atoms with van der Waals surface area (Å²) in [6.45, 7) is 0.514. The third-order valence-corrected chi connectivity index (χ3v) is 6.27. The van der Waals surface area contributed by atoms with Crippen molar-refractivity contribution < 1.29 is 17.9 Å². The van der Waals surface area contributed by atoms with Crippen LogP contribution in [0, 0.1) is 0 Å². The van der Waals surface area contributed by atoms with Gasteiger partial charge in [-0.2, -0.15) is 0 Å². The van der Waals surface area contributed by atoms with Crippen LogP contribution in [0.4, 0.5) is 0 Å². The molecule has 0 unspecified atom stereocenters. The number of benzene rings is 2. The van der Waals surface area contributed by atoms with E-state index in [-0.39, 0.29) is 34.0 Å². The quantitative estimate of drug-likeness (QED) is 0.866. The van der Waals surface area contributed by atoms with E-state index in [1.165, 1.54) is 12.1 Å². The van der Waals surface area contributed by atoms with Gasteiger partial charge in [0.2, 0.25) is 5.91 Å². The van der Waals surface area contributed by atoms with Crippen molar-refractivity contribution in [3.63, 3.8) is 0 Å². The molecule has 0 radical (unpaired) electrons. The van der Waals surface area contributed by atoms with Gasteiger partial charge in [0, 0.05) is 18.4 Å². The van der Waals surface area contributed by atoms with Gasteiger partial charge in [0.25, 0.3) is 0 Å². The van der Waals surface area contributed by atoms with Crippen LogP contribution in [-0.2, 0) is 14.6 Å². The first-order valence-electron chi connectivity index (χ1n) is 7.96. The van der Waals surface area contributed by atoms with E-state index in [9.17, 15) is 13.2 Å². The molecular weight excluding hydrogens is 362 g/mol. The van der Waals surface area contributed by atoms with Gasteiger partial charge >= 0.3 is 0 Å². The van der Waals surface area contributed by atoms with Crippen LogP contribution in [0.15, 0.2) is 53.4 Å². The summed E-state index contributed by atoms with van der Waals surface area (Å²) >= 11 is 5.94. The second-order valence-electron chi connectivity index (χ2n) is 5.79. The Kier molecular flexibility index (Phi) is 5.30. The second-order valence-corrected chi connectivity index (χ2v) is 8.28. The van der Waals surface area contributed by atoms with Gasteiger partial charge in [-0.25, -0.2) is 8.42 Å². The van der Waals surface area contributed by atoms with Crippen molar-refractivity contribution in [3.05, 3.63) is 59.1 Å². The van der Waals surface area contributed by atoms with E-state index in [1.54, 1.807) is 12.1 Å². The van der Waals surface area contributed by atoms with Crippen molar-refractivity contribution in [1.82, 2.24) is 5.32 Å². The topological polar surface area (TPSA) is 72.5 Å². The summed E-state index contributed by atoms with van der Waals surface area (Å²) in [5.41, 5.74) is 0.913. The number of sulfone groups is 1. The zero-order valence-electron chi connectivity index (χ0n) is 13.4. The molecule has 0 spiro atoms. The normalized spacial score (nSPS) is 16.6. The average Bonchev–Trinajstić information content (AvgIpc) is 2.61. The van der Waals surface area contributed by atoms with Crippen LogP contribution >= 0.6 is 11.6 Å². The smallest absolute Gasteiger partial charge is 0.221 e. The molecule has 0 bridgehead atoms. The summed E-state index contributed by atoms with van der Waals surface area (Å²) in [7, 11) is -3.60. The molecule has 1 heterocycles. The number of ether oxygens (including phenoxy) is 1. The largest absolute Gasteiger partial charge is 0.493 e. The summed E-state index contributed by atoms with van der Waals surface area (Å²) in [5.74, 6) is 0.160. The Morgan fingerprint density at radius 2 is 1.88 bits per heavy atom. The molecule has 25 heavy (non-hydrogen) atoms. The van der Waals surface area contributed by atoms with Gasteiger partial charge in [0.1, 0.15) is 5.75 Å². The van der Waals surface area contributed by atoms with Crippen LogP contribution in [0.1, 0.15) is 24.4 Å². The minimum absolute atomic E-state index is 0.0564. The Hall–Kier alpha value is -2.05. The van der Waals surface area contributed by atoms with E-state index in [4.69, 9.17) is 16.3 Å². The lowest BCUT2D eigenvalue weighted by molar-refractivity contribution is -0.121. The minimum atomic E-state index is -3.60. The summed E-state index contributed by atoms with van der Waals surface area (Å²) < 4.78 is 30.3. The maximum Gasteiger partial charge on any atom is 0.221 e. The van der Waals surface area contributed by atoms with Crippen molar-refractivity contribution in [2.24, 2.45) is 0 Å². The lowest BCUT2D eigenvalue weighted by atomic mass is 10.0. The van der Waals surface area contributed by atoms with E-state index in [0.717, 1.165) is 11.3 Å². The van der Waals surface area contributed by atoms with Gasteiger partial charge in [0.05, 0.1) is 28.3 Å². The number of hydrogen-bond donors (Lipinski definition) is 1. The molecule has 0 saturated heterocycles. The number of amides is 1. The lowest BCUT2D eigenvalue weighted by Crippen LogP contribution is -2.33. The Balaban J connectivity index is 1.64. The number of para-hydroxylation sites is 1. The standard InChI is InChI=1S/C18H18ClNO4S/c19-14-6-2-4-8-17(14)25(22,23)12-10-18(21)20-15-9-11-24-16-7-3-1-5-13(15)16/h1-8,15H,9-12H2,(H,20,21)/t15-/m1/s1. The van der Waals surface area contributed by atoms with E-state index in [0.29, 0.717) is 13.0 Å². The third-order valence-electron chi connectivity index (χ3n) is 4.06. The molecule has 0 aliphatic carbocycles. The monoisotopic (exact) mass is 379 g/mol. The van der Waals surface area contributed by atoms with Crippen LogP contribution in [0.5, 0.6) is 5.75 Å². The highest BCUT2D eigenvalue weighted by atomic mass is 35.5. The molecule has 2 aromatic carbocycles. The Labute approximate surface area is 151 Å². The zero-order chi connectivity index (χ0) is 17.9. The molecule has 0 fully saturated rings. The number of rotatable bonds is 5. The van der Waals surface area contributed by atoms with E-state index in [1.807, 2.05) is 24.3 Å². The third kappa shape index (κ3) is 4.14. The molecule has 3 rings (SSSR count). The first-order valence-corrected chi connectivity index (χ1v) is 9.99. The van der Waals surface area contributed by atoms with Gasteiger partial charge in [-0.1, -0.05) is 41.9 Å². The summed E-state index contributed by atoms with van der Waals surface area (Å²) in [4.78, 5) is 12.3. The van der Waals surface area contributed by atoms with Crippen LogP contribution in [0.3, 0.4) is 0 Å². The molecule has 0 aromatic heterocycles. The second kappa shape index (κ2) is 7.45. The van der Waals surface area contributed by atoms with Gasteiger partial charge in [-0.3, -0.25) is 4.79 Å². The Morgan fingerprint density at radius 3 is 2.68 bits per heavy atom. The Morgan fingerprint density at radius 1 is 1.16 bits per heavy atom. The SMILES string of the molecule is O=C(CCS(=O)(=O)c1ccccc1Cl)N[C@@H]1CCOc2ccccc21. The maximum atomic E-state index is 12.4. The highest BCUT2D eigenvalue weighted by Gasteiger charge is 2.24. The highest BCUT2D eigenvalue weighted by Crippen LogP contribution is 2.31. The molecule has 1 amide bonds. The predicted molar refractivity (Wildman–Crippen MR) is 95.6 cm³/mol. The molecular formula is C18H18ClNO4S. The van der Waals surface area contributed by atoms with Crippen LogP contribution in [-0.4, -0.2) is 26.7 Å². The number of nitrogens with one attached hydrogen (secondary N) is 1. The zero-order valence-corrected chi connectivity index (χ0v) is 15.0. The fourth-order valence-electron chi connectivity index (χ4n) is 2.79. The summed E-state index contributed by atoms with van der Waals surface area (Å²) in [5, 5.41) is 3.07. The van der Waals surface area contributed by atoms with Gasteiger partial charge in [-0.05, 0) is 18.2 Å². The molecule has 132 valence electrons. The lowest BCUT2D eigenvalue weighted by Gasteiger charge is -2.26. The molecule has 1 atom stereocenters. The molecule has 5 nitrogen and oxygen atoms in total. The van der Waals surface area contributed by atoms with Gasteiger partial charge in [-0.15, -0.1) is 0 Å². The maximum absolute atomic E-state index is 12.4. The van der Waals surface area contributed by atoms with Crippen LogP contribution in [0.2, 0.25) is 5.02 Å². The number of hydrogen-bond acceptors (Lipinski definition) is 4. The molecule has 0 saturated carbocycles. The molecule has 1 N–H and O–H groups in total. The first kappa shape index (κ1) is 17.8. The van der Waals surface area contributed by atoms with Crippen molar-refractivity contribution in [3.8, 4) is 5.75 Å². The number of fused-ring (bicyclic) bond motifs is 1. The number of carbonyl (C=O) groups is 1. The summed E-state index contributed by atoms with van der Waals surface area (Å²) in [6, 6.07) is 13.6. The number of halogens is 1. The molecule has 1 aliphatic rings. The average molecular weight is 380 g/mol. The van der Waals surface area contributed by atoms with E-state index >= 15 is 0 Å². The van der Waals surface area contributed by atoms with Gasteiger partial charge < -0.3 is 10.1 Å². The molecule has 7 heteroatoms. The van der Waals surface area contributed by atoms with E-state index in [2.05, 4.69) is 5.32 Å².